The summed E-state index contributed by atoms with van der Waals surface area (Å²) in [5.41, 5.74) is 9.27. The van der Waals surface area contributed by atoms with Crippen LogP contribution >= 0.6 is 15.9 Å². The summed E-state index contributed by atoms with van der Waals surface area (Å²) in [7, 11) is 1.60. The standard InChI is InChI=1S/C19H14BrN5O2/c1-26-14-6-5-10(8-12(14)20)15-11(9-21)18(22)27-19-16(15)17(24-25-19)13-4-2-3-7-23-13/h2-8,15H,22H2,1H3,(H,24,25). The van der Waals surface area contributed by atoms with Crippen molar-refractivity contribution >= 4 is 15.9 Å². The number of H-pyrrole nitrogens is 1. The van der Waals surface area contributed by atoms with E-state index < -0.39 is 5.92 Å². The molecule has 0 saturated heterocycles. The first-order chi connectivity index (χ1) is 13.1. The van der Waals surface area contributed by atoms with Gasteiger partial charge in [-0.25, -0.2) is 0 Å². The normalized spacial score (nSPS) is 15.7. The number of methoxy groups -OCH3 is 1. The first-order valence-corrected chi connectivity index (χ1v) is 8.84. The Hall–Kier alpha value is -3.31. The van der Waals surface area contributed by atoms with Gasteiger partial charge in [-0.2, -0.15) is 5.26 Å². The smallest absolute Gasteiger partial charge is 0.244 e. The van der Waals surface area contributed by atoms with E-state index in [1.165, 1.54) is 0 Å². The highest BCUT2D eigenvalue weighted by molar-refractivity contribution is 9.10. The van der Waals surface area contributed by atoms with Crippen LogP contribution in [-0.2, 0) is 0 Å². The fraction of sp³-hybridized carbons (Fsp3) is 0.105. The van der Waals surface area contributed by atoms with E-state index in [2.05, 4.69) is 37.2 Å². The van der Waals surface area contributed by atoms with E-state index in [0.29, 0.717) is 28.6 Å². The summed E-state index contributed by atoms with van der Waals surface area (Å²) >= 11 is 3.50. The average molecular weight is 424 g/mol. The van der Waals surface area contributed by atoms with Gasteiger partial charge >= 0.3 is 0 Å². The van der Waals surface area contributed by atoms with Gasteiger partial charge in [0.1, 0.15) is 17.4 Å². The lowest BCUT2D eigenvalue weighted by molar-refractivity contribution is 0.379. The van der Waals surface area contributed by atoms with Crippen molar-refractivity contribution in [2.24, 2.45) is 5.73 Å². The molecule has 4 rings (SSSR count). The summed E-state index contributed by atoms with van der Waals surface area (Å²) in [5.74, 6) is 0.625. The average Bonchev–Trinajstić information content (AvgIpc) is 3.10. The van der Waals surface area contributed by atoms with E-state index in [0.717, 1.165) is 15.6 Å². The minimum atomic E-state index is -0.447. The molecule has 1 aliphatic rings. The monoisotopic (exact) mass is 423 g/mol. The number of hydrogen-bond acceptors (Lipinski definition) is 6. The predicted octanol–water partition coefficient (Wildman–Crippen LogP) is 3.46. The number of fused-ring (bicyclic) bond motifs is 1. The molecule has 0 bridgehead atoms. The van der Waals surface area contributed by atoms with Crippen molar-refractivity contribution in [3.63, 3.8) is 0 Å². The van der Waals surface area contributed by atoms with Crippen molar-refractivity contribution in [1.29, 1.82) is 5.26 Å². The maximum atomic E-state index is 9.74. The maximum Gasteiger partial charge on any atom is 0.244 e. The molecule has 0 aliphatic carbocycles. The fourth-order valence-corrected chi connectivity index (χ4v) is 3.70. The Balaban J connectivity index is 1.94. The number of pyridine rings is 1. The van der Waals surface area contributed by atoms with Crippen molar-refractivity contribution in [3.05, 3.63) is 69.7 Å². The van der Waals surface area contributed by atoms with Crippen molar-refractivity contribution in [2.45, 2.75) is 5.92 Å². The lowest BCUT2D eigenvalue weighted by Crippen LogP contribution is -2.21. The third-order valence-corrected chi connectivity index (χ3v) is 4.99. The molecule has 1 aromatic carbocycles. The molecule has 0 saturated carbocycles. The minimum Gasteiger partial charge on any atom is -0.496 e. The van der Waals surface area contributed by atoms with Crippen LogP contribution in [0.15, 0.2) is 58.5 Å². The lowest BCUT2D eigenvalue weighted by atomic mass is 9.83. The quantitative estimate of drug-likeness (QED) is 0.667. The zero-order chi connectivity index (χ0) is 19.0. The fourth-order valence-electron chi connectivity index (χ4n) is 3.15. The molecule has 3 aromatic rings. The molecule has 0 spiro atoms. The number of nitrogens with zero attached hydrogens (tertiary/aromatic N) is 3. The Labute approximate surface area is 163 Å². The predicted molar refractivity (Wildman–Crippen MR) is 102 cm³/mol. The topological polar surface area (TPSA) is 110 Å². The number of allylic oxidation sites excluding steroid dienone is 1. The van der Waals surface area contributed by atoms with Crippen LogP contribution < -0.4 is 15.2 Å². The highest BCUT2D eigenvalue weighted by atomic mass is 79.9. The van der Waals surface area contributed by atoms with Crippen LogP contribution in [0.25, 0.3) is 11.4 Å². The van der Waals surface area contributed by atoms with Gasteiger partial charge in [0.05, 0.1) is 34.5 Å². The number of nitrogens with two attached hydrogens (primary N) is 1. The highest BCUT2D eigenvalue weighted by Crippen LogP contribution is 2.46. The van der Waals surface area contributed by atoms with Crippen LogP contribution in [0.4, 0.5) is 0 Å². The number of halogens is 1. The van der Waals surface area contributed by atoms with E-state index in [9.17, 15) is 5.26 Å². The van der Waals surface area contributed by atoms with Gasteiger partial charge in [-0.15, -0.1) is 5.10 Å². The maximum absolute atomic E-state index is 9.74. The van der Waals surface area contributed by atoms with Crippen LogP contribution in [0.5, 0.6) is 11.6 Å². The molecule has 3 heterocycles. The summed E-state index contributed by atoms with van der Waals surface area (Å²) in [4.78, 5) is 4.39. The molecule has 2 aromatic heterocycles. The second kappa shape index (κ2) is 6.78. The molecular weight excluding hydrogens is 410 g/mol. The number of rotatable bonds is 3. The Morgan fingerprint density at radius 2 is 2.19 bits per heavy atom. The van der Waals surface area contributed by atoms with Crippen LogP contribution in [0.1, 0.15) is 17.0 Å². The van der Waals surface area contributed by atoms with Gasteiger partial charge in [0.15, 0.2) is 0 Å². The first-order valence-electron chi connectivity index (χ1n) is 8.04. The third kappa shape index (κ3) is 2.82. The molecule has 134 valence electrons. The second-order valence-corrected chi connectivity index (χ2v) is 6.71. The van der Waals surface area contributed by atoms with E-state index >= 15 is 0 Å². The molecule has 8 heteroatoms. The number of aromatic amines is 1. The molecular formula is C19H14BrN5O2. The Bertz CT molecular complexity index is 1090. The van der Waals surface area contributed by atoms with Crippen molar-refractivity contribution in [1.82, 2.24) is 15.2 Å². The van der Waals surface area contributed by atoms with Gasteiger partial charge in [-0.05, 0) is 45.8 Å². The molecule has 0 amide bonds. The van der Waals surface area contributed by atoms with Gasteiger partial charge in [0.2, 0.25) is 11.8 Å². The number of benzene rings is 1. The van der Waals surface area contributed by atoms with Crippen molar-refractivity contribution < 1.29 is 9.47 Å². The molecule has 1 unspecified atom stereocenters. The molecule has 1 aliphatic heterocycles. The van der Waals surface area contributed by atoms with E-state index in [1.54, 1.807) is 13.3 Å². The molecule has 1 atom stereocenters. The number of nitriles is 1. The van der Waals surface area contributed by atoms with Gasteiger partial charge in [0, 0.05) is 6.20 Å². The zero-order valence-electron chi connectivity index (χ0n) is 14.2. The van der Waals surface area contributed by atoms with Gasteiger partial charge < -0.3 is 15.2 Å². The molecule has 0 fully saturated rings. The summed E-state index contributed by atoms with van der Waals surface area (Å²) in [5, 5.41) is 16.9. The highest BCUT2D eigenvalue weighted by Gasteiger charge is 2.36. The summed E-state index contributed by atoms with van der Waals surface area (Å²) in [6.07, 6.45) is 1.70. The van der Waals surface area contributed by atoms with E-state index in [1.807, 2.05) is 36.4 Å². The van der Waals surface area contributed by atoms with Crippen LogP contribution in [0.2, 0.25) is 0 Å². The molecule has 0 radical (unpaired) electrons. The second-order valence-electron chi connectivity index (χ2n) is 5.85. The van der Waals surface area contributed by atoms with Crippen LogP contribution in [-0.4, -0.2) is 22.3 Å². The number of aromatic nitrogens is 3. The number of hydrogen-bond donors (Lipinski definition) is 2. The van der Waals surface area contributed by atoms with Gasteiger partial charge in [0.25, 0.3) is 0 Å². The van der Waals surface area contributed by atoms with Gasteiger partial charge in [-0.1, -0.05) is 12.1 Å². The number of ether oxygens (including phenoxy) is 2. The Kier molecular flexibility index (Phi) is 4.30. The lowest BCUT2D eigenvalue weighted by Gasteiger charge is -2.24. The third-order valence-electron chi connectivity index (χ3n) is 4.37. The van der Waals surface area contributed by atoms with E-state index in [4.69, 9.17) is 15.2 Å². The van der Waals surface area contributed by atoms with Crippen LogP contribution in [0.3, 0.4) is 0 Å². The summed E-state index contributed by atoms with van der Waals surface area (Å²) in [6.45, 7) is 0. The SMILES string of the molecule is COc1ccc(C2C(C#N)=C(N)Oc3n[nH]c(-c4ccccn4)c32)cc1Br. The van der Waals surface area contributed by atoms with Gasteiger partial charge in [-0.3, -0.25) is 10.1 Å². The zero-order valence-corrected chi connectivity index (χ0v) is 15.8. The van der Waals surface area contributed by atoms with Crippen molar-refractivity contribution in [3.8, 4) is 29.1 Å². The molecule has 7 nitrogen and oxygen atoms in total. The summed E-state index contributed by atoms with van der Waals surface area (Å²) < 4.78 is 11.7. The van der Waals surface area contributed by atoms with Crippen LogP contribution in [0, 0.1) is 11.3 Å². The molecule has 3 N–H and O–H groups in total. The largest absolute Gasteiger partial charge is 0.496 e. The summed E-state index contributed by atoms with van der Waals surface area (Å²) in [6, 6.07) is 13.4. The Morgan fingerprint density at radius 1 is 1.33 bits per heavy atom. The molecule has 27 heavy (non-hydrogen) atoms. The first kappa shape index (κ1) is 17.1. The number of nitrogens with one attached hydrogen (secondary N) is 1. The van der Waals surface area contributed by atoms with E-state index in [-0.39, 0.29) is 5.88 Å². The Morgan fingerprint density at radius 3 is 2.85 bits per heavy atom. The minimum absolute atomic E-state index is 0.0426. The van der Waals surface area contributed by atoms with Crippen molar-refractivity contribution in [2.75, 3.05) is 7.11 Å².